The zero-order valence-corrected chi connectivity index (χ0v) is 46.4. The summed E-state index contributed by atoms with van der Waals surface area (Å²) in [6, 6.07) is -0.918. The van der Waals surface area contributed by atoms with Crippen molar-refractivity contribution in [1.82, 2.24) is 5.32 Å². The van der Waals surface area contributed by atoms with Gasteiger partial charge in [-0.15, -0.1) is 0 Å². The summed E-state index contributed by atoms with van der Waals surface area (Å²) in [5, 5.41) is 86.3. The summed E-state index contributed by atoms with van der Waals surface area (Å²) in [6.45, 7) is 2.53. The van der Waals surface area contributed by atoms with Crippen molar-refractivity contribution in [2.45, 2.75) is 254 Å². The van der Waals surface area contributed by atoms with E-state index >= 15 is 0 Å². The van der Waals surface area contributed by atoms with E-state index in [4.69, 9.17) is 18.9 Å². The highest BCUT2D eigenvalue weighted by atomic mass is 16.7. The van der Waals surface area contributed by atoms with Crippen LogP contribution in [-0.4, -0.2) is 140 Å². The molecule has 2 rings (SSSR count). The Labute approximate surface area is 457 Å². The van der Waals surface area contributed by atoms with Crippen molar-refractivity contribution in [3.8, 4) is 0 Å². The van der Waals surface area contributed by atoms with E-state index in [-0.39, 0.29) is 18.9 Å². The van der Waals surface area contributed by atoms with Crippen molar-refractivity contribution < 1.29 is 64.6 Å². The molecule has 2 fully saturated rings. The molecule has 2 aliphatic heterocycles. The molecule has 9 N–H and O–H groups in total. The van der Waals surface area contributed by atoms with E-state index in [0.717, 1.165) is 103 Å². The Hall–Kier alpha value is -3.35. The van der Waals surface area contributed by atoms with E-state index in [9.17, 15) is 45.6 Å². The summed E-state index contributed by atoms with van der Waals surface area (Å²) in [6.07, 6.45) is 49.3. The fourth-order valence-electron chi connectivity index (χ4n) is 8.78. The van der Waals surface area contributed by atoms with E-state index in [1.54, 1.807) is 6.08 Å². The molecule has 0 aromatic carbocycles. The number of nitrogens with one attached hydrogen (secondary N) is 1. The first-order valence-electron chi connectivity index (χ1n) is 29.1. The van der Waals surface area contributed by atoms with Crippen LogP contribution in [-0.2, 0) is 23.7 Å². The molecular weight excluding hydrogens is 967 g/mol. The lowest BCUT2D eigenvalue weighted by molar-refractivity contribution is -0.359. The highest BCUT2D eigenvalue weighted by Crippen LogP contribution is 2.30. The van der Waals surface area contributed by atoms with Gasteiger partial charge in [0.15, 0.2) is 12.6 Å². The number of aliphatic hydroxyl groups is 8. The van der Waals surface area contributed by atoms with Crippen LogP contribution in [0.5, 0.6) is 0 Å². The molecule has 0 aromatic rings. The van der Waals surface area contributed by atoms with Crippen molar-refractivity contribution in [3.05, 3.63) is 109 Å². The van der Waals surface area contributed by atoms with E-state index in [1.165, 1.54) is 51.4 Å². The average molecular weight is 1070 g/mol. The molecule has 2 saturated heterocycles. The lowest BCUT2D eigenvalue weighted by Crippen LogP contribution is -2.65. The van der Waals surface area contributed by atoms with Gasteiger partial charge >= 0.3 is 0 Å². The SMILES string of the molecule is CC/C=C\C/C=C\C/C=C\C/C=C\C/C=C\C/C=C\C/C=C\C/C=C\CCCCCCCCCCCCCCC(=O)NC(COC1OC(CO)C(OC2OC(CO)C(O)C(O)C2O)C(O)C1O)C(O)/C=C/CCCCC. The number of rotatable bonds is 44. The third-order valence-electron chi connectivity index (χ3n) is 13.5. The van der Waals surface area contributed by atoms with Crippen LogP contribution in [0.2, 0.25) is 0 Å². The molecule has 14 heteroatoms. The molecule has 2 aliphatic rings. The zero-order valence-electron chi connectivity index (χ0n) is 46.4. The smallest absolute Gasteiger partial charge is 0.220 e. The van der Waals surface area contributed by atoms with Crippen LogP contribution in [0.25, 0.3) is 0 Å². The van der Waals surface area contributed by atoms with E-state index < -0.39 is 86.8 Å². The summed E-state index contributed by atoms with van der Waals surface area (Å²) in [7, 11) is 0. The van der Waals surface area contributed by atoms with Crippen molar-refractivity contribution in [2.75, 3.05) is 19.8 Å². The van der Waals surface area contributed by atoms with Crippen molar-refractivity contribution >= 4 is 5.91 Å². The van der Waals surface area contributed by atoms with E-state index in [1.807, 2.05) is 6.08 Å². The predicted octanol–water partition coefficient (Wildman–Crippen LogP) is 9.66. The lowest BCUT2D eigenvalue weighted by atomic mass is 9.97. The predicted molar refractivity (Wildman–Crippen MR) is 304 cm³/mol. The maximum atomic E-state index is 13.1. The number of carbonyl (C=O) groups excluding carboxylic acids is 1. The number of carbonyl (C=O) groups is 1. The molecule has 2 heterocycles. The van der Waals surface area contributed by atoms with Crippen LogP contribution in [0.15, 0.2) is 109 Å². The van der Waals surface area contributed by atoms with Crippen LogP contribution in [0.3, 0.4) is 0 Å². The Morgan fingerprint density at radius 3 is 1.39 bits per heavy atom. The number of unbranched alkanes of at least 4 members (excludes halogenated alkanes) is 15. The quantitative estimate of drug-likeness (QED) is 0.0205. The summed E-state index contributed by atoms with van der Waals surface area (Å²) >= 11 is 0. The Morgan fingerprint density at radius 1 is 0.487 bits per heavy atom. The van der Waals surface area contributed by atoms with E-state index in [2.05, 4.69) is 116 Å². The Kier molecular flexibility index (Phi) is 42.1. The Morgan fingerprint density at radius 2 is 0.908 bits per heavy atom. The summed E-state index contributed by atoms with van der Waals surface area (Å²) in [5.41, 5.74) is 0. The van der Waals surface area contributed by atoms with Gasteiger partial charge in [0.05, 0.1) is 32.0 Å². The van der Waals surface area contributed by atoms with Crippen LogP contribution < -0.4 is 5.32 Å². The number of aliphatic hydroxyl groups excluding tert-OH is 8. The van der Waals surface area contributed by atoms with Crippen molar-refractivity contribution in [1.29, 1.82) is 0 Å². The molecule has 0 saturated carbocycles. The second-order valence-electron chi connectivity index (χ2n) is 20.0. The first-order valence-corrected chi connectivity index (χ1v) is 29.1. The molecule has 14 nitrogen and oxygen atoms in total. The van der Waals surface area contributed by atoms with Crippen molar-refractivity contribution in [2.24, 2.45) is 0 Å². The minimum Gasteiger partial charge on any atom is -0.394 e. The Balaban J connectivity index is 1.55. The normalized spacial score (nSPS) is 25.7. The second-order valence-corrected chi connectivity index (χ2v) is 20.0. The van der Waals surface area contributed by atoms with Gasteiger partial charge in [-0.3, -0.25) is 4.79 Å². The molecule has 76 heavy (non-hydrogen) atoms. The third kappa shape index (κ3) is 31.9. The topological polar surface area (TPSA) is 228 Å². The summed E-state index contributed by atoms with van der Waals surface area (Å²) in [4.78, 5) is 13.1. The number of hydrogen-bond donors (Lipinski definition) is 9. The first-order chi connectivity index (χ1) is 37.1. The molecule has 0 aliphatic carbocycles. The maximum Gasteiger partial charge on any atom is 0.220 e. The molecule has 0 spiro atoms. The van der Waals surface area contributed by atoms with Gasteiger partial charge in [0.25, 0.3) is 0 Å². The average Bonchev–Trinajstić information content (AvgIpc) is 3.42. The monoisotopic (exact) mass is 1070 g/mol. The first kappa shape index (κ1) is 68.8. The zero-order chi connectivity index (χ0) is 55.3. The van der Waals surface area contributed by atoms with Gasteiger partial charge in [0.1, 0.15) is 48.8 Å². The fourth-order valence-corrected chi connectivity index (χ4v) is 8.78. The van der Waals surface area contributed by atoms with Crippen LogP contribution in [0.4, 0.5) is 0 Å². The molecular formula is C62H103NO13. The summed E-state index contributed by atoms with van der Waals surface area (Å²) < 4.78 is 22.6. The molecule has 0 aromatic heterocycles. The third-order valence-corrected chi connectivity index (χ3v) is 13.5. The lowest BCUT2D eigenvalue weighted by Gasteiger charge is -2.46. The van der Waals surface area contributed by atoms with Crippen LogP contribution in [0.1, 0.15) is 181 Å². The number of ether oxygens (including phenoxy) is 4. The van der Waals surface area contributed by atoms with Gasteiger partial charge in [0, 0.05) is 6.42 Å². The minimum absolute atomic E-state index is 0.255. The van der Waals surface area contributed by atoms with Gasteiger partial charge in [-0.05, 0) is 83.5 Å². The molecule has 12 atom stereocenters. The van der Waals surface area contributed by atoms with Gasteiger partial charge in [0.2, 0.25) is 5.91 Å². The number of allylic oxidation sites excluding steroid dienone is 17. The summed E-state index contributed by atoms with van der Waals surface area (Å²) in [5.74, 6) is -0.255. The highest BCUT2D eigenvalue weighted by Gasteiger charge is 2.51. The van der Waals surface area contributed by atoms with Crippen molar-refractivity contribution in [3.63, 3.8) is 0 Å². The Bertz CT molecular complexity index is 1690. The van der Waals surface area contributed by atoms with E-state index in [0.29, 0.717) is 6.42 Å². The number of hydrogen-bond acceptors (Lipinski definition) is 13. The largest absolute Gasteiger partial charge is 0.394 e. The van der Waals surface area contributed by atoms with Crippen LogP contribution in [0, 0.1) is 0 Å². The fraction of sp³-hybridized carbons (Fsp3) is 0.694. The highest BCUT2D eigenvalue weighted by molar-refractivity contribution is 5.76. The molecule has 12 unspecified atom stereocenters. The van der Waals surface area contributed by atoms with Gasteiger partial charge in [-0.25, -0.2) is 0 Å². The standard InChI is InChI=1S/C62H103NO13/c1-3-5-7-9-10-11-12-13-14-15-16-17-18-19-20-21-22-23-24-25-26-27-28-29-30-31-32-33-34-35-36-37-38-39-40-42-44-46-54(67)63-50(51(66)45-43-41-8-6-4-2)49-73-61-59(72)57(70)60(53(48-65)75-61)76-62-58(71)56(69)55(68)52(47-64)74-62/h5,7,10-11,13-14,16-17,19-20,22-23,25-26,28-29,43,45,50-53,55-62,64-66,68-72H,3-4,6,8-9,12,15,18,21,24,27,30-42,44,46-49H2,1-2H3,(H,63,67)/b7-5-,11-10-,14-13-,17-16-,20-19-,23-22-,26-25-,29-28-,45-43+. The molecule has 0 radical (unpaired) electrons. The van der Waals surface area contributed by atoms with Crippen LogP contribution >= 0.6 is 0 Å². The molecule has 1 amide bonds. The van der Waals surface area contributed by atoms with Gasteiger partial charge in [-0.1, -0.05) is 200 Å². The molecule has 434 valence electrons. The van der Waals surface area contributed by atoms with Gasteiger partial charge in [-0.2, -0.15) is 0 Å². The maximum absolute atomic E-state index is 13.1. The second kappa shape index (κ2) is 46.6. The molecule has 0 bridgehead atoms. The minimum atomic E-state index is -1.79. The van der Waals surface area contributed by atoms with Gasteiger partial charge < -0.3 is 65.1 Å². The number of amides is 1.